The van der Waals surface area contributed by atoms with E-state index in [1.54, 1.807) is 0 Å². The first kappa shape index (κ1) is 14.2. The van der Waals surface area contributed by atoms with Crippen LogP contribution in [0.4, 0.5) is 5.69 Å². The Morgan fingerprint density at radius 1 is 1.00 bits per heavy atom. The molecular formula is C20H25N. The number of fused-ring (bicyclic) bond motifs is 1. The lowest BCUT2D eigenvalue weighted by Gasteiger charge is -2.37. The van der Waals surface area contributed by atoms with Gasteiger partial charge in [-0.05, 0) is 40.9 Å². The van der Waals surface area contributed by atoms with Crippen LogP contribution in [-0.4, -0.2) is 6.54 Å². The highest BCUT2D eigenvalue weighted by Crippen LogP contribution is 2.44. The number of rotatable bonds is 2. The molecule has 0 saturated heterocycles. The largest absolute Gasteiger partial charge is 0.385 e. The molecule has 1 aliphatic heterocycles. The Labute approximate surface area is 128 Å². The third-order valence-corrected chi connectivity index (χ3v) is 4.58. The van der Waals surface area contributed by atoms with Gasteiger partial charge in [-0.3, -0.25) is 0 Å². The van der Waals surface area contributed by atoms with E-state index in [4.69, 9.17) is 0 Å². The summed E-state index contributed by atoms with van der Waals surface area (Å²) < 4.78 is 0. The van der Waals surface area contributed by atoms with Crippen LogP contribution in [0.2, 0.25) is 0 Å². The molecule has 0 bridgehead atoms. The Morgan fingerprint density at radius 3 is 2.48 bits per heavy atom. The molecule has 3 rings (SSSR count). The van der Waals surface area contributed by atoms with Crippen molar-refractivity contribution in [3.05, 3.63) is 65.2 Å². The molecule has 1 heterocycles. The van der Waals surface area contributed by atoms with Gasteiger partial charge in [0.15, 0.2) is 0 Å². The maximum Gasteiger partial charge on any atom is 0.0411 e. The molecule has 110 valence electrons. The second-order valence-corrected chi connectivity index (χ2v) is 7.18. The number of anilines is 1. The van der Waals surface area contributed by atoms with Crippen LogP contribution in [0.25, 0.3) is 0 Å². The molecule has 1 heteroatoms. The van der Waals surface area contributed by atoms with E-state index in [9.17, 15) is 0 Å². The summed E-state index contributed by atoms with van der Waals surface area (Å²) in [7, 11) is 0. The van der Waals surface area contributed by atoms with E-state index in [-0.39, 0.29) is 0 Å². The van der Waals surface area contributed by atoms with Gasteiger partial charge in [0, 0.05) is 12.2 Å². The van der Waals surface area contributed by atoms with Gasteiger partial charge < -0.3 is 5.32 Å². The average molecular weight is 279 g/mol. The van der Waals surface area contributed by atoms with E-state index in [2.05, 4.69) is 74.6 Å². The molecule has 2 aromatic carbocycles. The van der Waals surface area contributed by atoms with Gasteiger partial charge in [-0.25, -0.2) is 0 Å². The molecule has 0 amide bonds. The normalized spacial score (nSPS) is 18.0. The molecule has 1 unspecified atom stereocenters. The first-order valence-corrected chi connectivity index (χ1v) is 7.95. The van der Waals surface area contributed by atoms with Gasteiger partial charge in [-0.15, -0.1) is 0 Å². The third-order valence-electron chi connectivity index (χ3n) is 4.58. The lowest BCUT2D eigenvalue weighted by Crippen LogP contribution is -2.27. The van der Waals surface area contributed by atoms with Crippen LogP contribution in [0.1, 0.15) is 49.8 Å². The van der Waals surface area contributed by atoms with Gasteiger partial charge in [-0.2, -0.15) is 0 Å². The summed E-state index contributed by atoms with van der Waals surface area (Å²) >= 11 is 0. The van der Waals surface area contributed by atoms with Crippen LogP contribution < -0.4 is 5.32 Å². The highest BCUT2D eigenvalue weighted by atomic mass is 14.9. The smallest absolute Gasteiger partial charge is 0.0411 e. The fraction of sp³-hybridized carbons (Fsp3) is 0.400. The number of nitrogens with one attached hydrogen (secondary N) is 1. The SMILES string of the molecule is CC(C)(C)C1CCNc2c(Cc3ccccc3)cccc21. The van der Waals surface area contributed by atoms with Gasteiger partial charge in [0.1, 0.15) is 0 Å². The van der Waals surface area contributed by atoms with Gasteiger partial charge >= 0.3 is 0 Å². The highest BCUT2D eigenvalue weighted by Gasteiger charge is 2.31. The maximum absolute atomic E-state index is 3.65. The third kappa shape index (κ3) is 2.97. The van der Waals surface area contributed by atoms with E-state index >= 15 is 0 Å². The van der Waals surface area contributed by atoms with Crippen LogP contribution in [0.3, 0.4) is 0 Å². The predicted molar refractivity (Wildman–Crippen MR) is 91.0 cm³/mol. The standard InChI is InChI=1S/C20H25N/c1-20(2,3)18-12-13-21-19-16(10-7-11-17(18)19)14-15-8-5-4-6-9-15/h4-11,18,21H,12-14H2,1-3H3. The molecule has 0 aromatic heterocycles. The van der Waals surface area contributed by atoms with Crippen molar-refractivity contribution in [3.8, 4) is 0 Å². The molecule has 21 heavy (non-hydrogen) atoms. The Morgan fingerprint density at radius 2 is 1.76 bits per heavy atom. The van der Waals surface area contributed by atoms with Crippen LogP contribution in [0, 0.1) is 5.41 Å². The van der Waals surface area contributed by atoms with Crippen LogP contribution in [0.5, 0.6) is 0 Å². The van der Waals surface area contributed by atoms with Gasteiger partial charge in [0.25, 0.3) is 0 Å². The van der Waals surface area contributed by atoms with Crippen molar-refractivity contribution in [1.29, 1.82) is 0 Å². The lowest BCUT2D eigenvalue weighted by atomic mass is 9.72. The molecule has 0 radical (unpaired) electrons. The number of hydrogen-bond donors (Lipinski definition) is 1. The van der Waals surface area contributed by atoms with Gasteiger partial charge in [0.2, 0.25) is 0 Å². The second kappa shape index (κ2) is 5.55. The number of hydrogen-bond acceptors (Lipinski definition) is 1. The van der Waals surface area contributed by atoms with Gasteiger partial charge in [0.05, 0.1) is 0 Å². The lowest BCUT2D eigenvalue weighted by molar-refractivity contribution is 0.305. The molecule has 1 nitrogen and oxygen atoms in total. The topological polar surface area (TPSA) is 12.0 Å². The van der Waals surface area contributed by atoms with Crippen molar-refractivity contribution in [3.63, 3.8) is 0 Å². The van der Waals surface area contributed by atoms with E-state index < -0.39 is 0 Å². The average Bonchev–Trinajstić information content (AvgIpc) is 2.47. The fourth-order valence-electron chi connectivity index (χ4n) is 3.49. The van der Waals surface area contributed by atoms with Gasteiger partial charge in [-0.1, -0.05) is 69.3 Å². The van der Waals surface area contributed by atoms with Crippen molar-refractivity contribution >= 4 is 5.69 Å². The fourth-order valence-corrected chi connectivity index (χ4v) is 3.49. The quantitative estimate of drug-likeness (QED) is 0.794. The Balaban J connectivity index is 1.97. The molecule has 1 N–H and O–H groups in total. The summed E-state index contributed by atoms with van der Waals surface area (Å²) in [5.74, 6) is 0.643. The summed E-state index contributed by atoms with van der Waals surface area (Å²) in [6.45, 7) is 8.16. The van der Waals surface area contributed by atoms with Crippen molar-refractivity contribution in [2.45, 2.75) is 39.5 Å². The molecule has 0 spiro atoms. The summed E-state index contributed by atoms with van der Waals surface area (Å²) in [6.07, 6.45) is 2.24. The summed E-state index contributed by atoms with van der Waals surface area (Å²) in [6, 6.07) is 17.6. The second-order valence-electron chi connectivity index (χ2n) is 7.18. The Bertz CT molecular complexity index is 607. The first-order valence-electron chi connectivity index (χ1n) is 7.95. The van der Waals surface area contributed by atoms with Crippen molar-refractivity contribution in [2.75, 3.05) is 11.9 Å². The Kier molecular flexibility index (Phi) is 3.75. The molecule has 0 fully saturated rings. The zero-order chi connectivity index (χ0) is 14.9. The van der Waals surface area contributed by atoms with E-state index in [0.717, 1.165) is 13.0 Å². The predicted octanol–water partition coefficient (Wildman–Crippen LogP) is 5.22. The van der Waals surface area contributed by atoms with E-state index in [1.165, 1.54) is 28.8 Å². The summed E-state index contributed by atoms with van der Waals surface area (Å²) in [5.41, 5.74) is 6.01. The van der Waals surface area contributed by atoms with E-state index in [1.807, 2.05) is 0 Å². The summed E-state index contributed by atoms with van der Waals surface area (Å²) in [4.78, 5) is 0. The minimum atomic E-state index is 0.322. The molecule has 2 aromatic rings. The zero-order valence-corrected chi connectivity index (χ0v) is 13.3. The van der Waals surface area contributed by atoms with Crippen LogP contribution in [0.15, 0.2) is 48.5 Å². The van der Waals surface area contributed by atoms with Crippen molar-refractivity contribution in [2.24, 2.45) is 5.41 Å². The first-order chi connectivity index (χ1) is 10.1. The van der Waals surface area contributed by atoms with Crippen LogP contribution >= 0.6 is 0 Å². The highest BCUT2D eigenvalue weighted by molar-refractivity contribution is 5.62. The monoisotopic (exact) mass is 279 g/mol. The minimum Gasteiger partial charge on any atom is -0.385 e. The molecule has 0 saturated carbocycles. The van der Waals surface area contributed by atoms with Crippen molar-refractivity contribution in [1.82, 2.24) is 0 Å². The zero-order valence-electron chi connectivity index (χ0n) is 13.3. The molecular weight excluding hydrogens is 254 g/mol. The Hall–Kier alpha value is -1.76. The summed E-state index contributed by atoms with van der Waals surface area (Å²) in [5, 5.41) is 3.65. The molecule has 0 aliphatic carbocycles. The van der Waals surface area contributed by atoms with E-state index in [0.29, 0.717) is 11.3 Å². The van der Waals surface area contributed by atoms with Crippen molar-refractivity contribution < 1.29 is 0 Å². The molecule has 1 atom stereocenters. The minimum absolute atomic E-state index is 0.322. The number of para-hydroxylation sites is 1. The number of benzene rings is 2. The molecule has 1 aliphatic rings. The van der Waals surface area contributed by atoms with Crippen LogP contribution in [-0.2, 0) is 6.42 Å². The maximum atomic E-state index is 3.65.